The minimum atomic E-state index is -0.642. The third-order valence-corrected chi connectivity index (χ3v) is 4.63. The van der Waals surface area contributed by atoms with Crippen molar-refractivity contribution in [3.63, 3.8) is 0 Å². The Hall–Kier alpha value is -2.28. The quantitative estimate of drug-likeness (QED) is 0.807. The number of aromatic nitrogens is 1. The Morgan fingerprint density at radius 3 is 2.52 bits per heavy atom. The van der Waals surface area contributed by atoms with Gasteiger partial charge in [0.05, 0.1) is 31.4 Å². The van der Waals surface area contributed by atoms with Gasteiger partial charge in [0.15, 0.2) is 0 Å². The molecule has 0 unspecified atom stereocenters. The molecule has 0 fully saturated rings. The summed E-state index contributed by atoms with van der Waals surface area (Å²) in [5.41, 5.74) is 2.02. The van der Waals surface area contributed by atoms with E-state index < -0.39 is 17.8 Å². The number of carbonyl (C=O) groups excluding carboxylic acids is 2. The highest BCUT2D eigenvalue weighted by Crippen LogP contribution is 2.39. The molecule has 1 aliphatic heterocycles. The fraction of sp³-hybridized carbons (Fsp3) is 0.250. The topological polar surface area (TPSA) is 57.5 Å². The minimum absolute atomic E-state index is 0.125. The number of nitrogens with zero attached hydrogens (tertiary/aromatic N) is 1. The number of ether oxygens (including phenoxy) is 2. The van der Waals surface area contributed by atoms with Gasteiger partial charge in [0.25, 0.3) is 0 Å². The first-order valence-corrected chi connectivity index (χ1v) is 7.99. The third kappa shape index (κ3) is 2.50. The molecule has 2 heterocycles. The predicted molar refractivity (Wildman–Crippen MR) is 83.8 cm³/mol. The van der Waals surface area contributed by atoms with Crippen LogP contribution in [0.5, 0.6) is 0 Å². The zero-order valence-corrected chi connectivity index (χ0v) is 13.4. The summed E-state index contributed by atoms with van der Waals surface area (Å²) in [5.74, 6) is -0.513. The Kier molecular flexibility index (Phi) is 4.12. The van der Waals surface area contributed by atoms with Crippen molar-refractivity contribution in [1.29, 1.82) is 0 Å². The normalized spacial score (nSPS) is 12.8. The highest BCUT2D eigenvalue weighted by atomic mass is 32.2. The van der Waals surface area contributed by atoms with Crippen LogP contribution in [0.4, 0.5) is 4.39 Å². The Labute approximate surface area is 136 Å². The molecule has 1 aromatic heterocycles. The van der Waals surface area contributed by atoms with Crippen LogP contribution in [-0.2, 0) is 21.1 Å². The second-order valence-electron chi connectivity index (χ2n) is 4.94. The molecule has 1 aromatic carbocycles. The summed E-state index contributed by atoms with van der Waals surface area (Å²) in [6.07, 6.45) is 0. The van der Waals surface area contributed by atoms with Crippen LogP contribution in [0.3, 0.4) is 0 Å². The SMILES string of the molecule is COC(=O)c1c(C(=O)OC)c(-c2cccc(F)c2)n2c1CSC2. The first-order chi connectivity index (χ1) is 11.1. The van der Waals surface area contributed by atoms with Gasteiger partial charge >= 0.3 is 11.9 Å². The van der Waals surface area contributed by atoms with Crippen LogP contribution in [0.25, 0.3) is 11.3 Å². The largest absolute Gasteiger partial charge is 0.465 e. The van der Waals surface area contributed by atoms with Gasteiger partial charge in [-0.25, -0.2) is 14.0 Å². The smallest absolute Gasteiger partial charge is 0.340 e. The molecule has 120 valence electrons. The molecule has 0 spiro atoms. The standard InChI is InChI=1S/C16H14FNO4S/c1-21-15(19)12-11-7-23-8-18(11)14(13(12)16(20)22-2)9-4-3-5-10(17)6-9/h3-6H,7-8H2,1-2H3. The highest BCUT2D eigenvalue weighted by Gasteiger charge is 2.35. The van der Waals surface area contributed by atoms with Crippen molar-refractivity contribution in [1.82, 2.24) is 4.57 Å². The molecule has 23 heavy (non-hydrogen) atoms. The molecule has 1 aliphatic rings. The molecular weight excluding hydrogens is 321 g/mol. The molecule has 2 aromatic rings. The number of methoxy groups -OCH3 is 2. The number of fused-ring (bicyclic) bond motifs is 1. The molecule has 0 saturated carbocycles. The van der Waals surface area contributed by atoms with E-state index in [1.807, 2.05) is 4.57 Å². The van der Waals surface area contributed by atoms with E-state index in [0.29, 0.717) is 28.6 Å². The number of carbonyl (C=O) groups is 2. The van der Waals surface area contributed by atoms with Gasteiger partial charge in [-0.3, -0.25) is 0 Å². The molecule has 7 heteroatoms. The Bertz CT molecular complexity index is 800. The zero-order chi connectivity index (χ0) is 16.6. The fourth-order valence-corrected chi connectivity index (χ4v) is 3.80. The molecule has 0 N–H and O–H groups in total. The van der Waals surface area contributed by atoms with Crippen LogP contribution >= 0.6 is 11.8 Å². The summed E-state index contributed by atoms with van der Waals surface area (Å²) < 4.78 is 25.1. The molecule has 3 rings (SSSR count). The number of hydrogen-bond donors (Lipinski definition) is 0. The predicted octanol–water partition coefficient (Wildman–Crippen LogP) is 3.07. The highest BCUT2D eigenvalue weighted by molar-refractivity contribution is 7.97. The molecule has 5 nitrogen and oxygen atoms in total. The minimum Gasteiger partial charge on any atom is -0.465 e. The van der Waals surface area contributed by atoms with Crippen LogP contribution in [0, 0.1) is 5.82 Å². The van der Waals surface area contributed by atoms with Gasteiger partial charge in [-0.15, -0.1) is 11.8 Å². The van der Waals surface area contributed by atoms with Crippen LogP contribution < -0.4 is 0 Å². The summed E-state index contributed by atoms with van der Waals surface area (Å²) in [4.78, 5) is 24.5. The van der Waals surface area contributed by atoms with Gasteiger partial charge in [-0.2, -0.15) is 0 Å². The van der Waals surface area contributed by atoms with Crippen molar-refractivity contribution in [3.8, 4) is 11.3 Å². The van der Waals surface area contributed by atoms with Crippen LogP contribution in [0.15, 0.2) is 24.3 Å². The van der Waals surface area contributed by atoms with E-state index in [9.17, 15) is 14.0 Å². The van der Waals surface area contributed by atoms with Crippen molar-refractivity contribution >= 4 is 23.7 Å². The van der Waals surface area contributed by atoms with Gasteiger partial charge in [-0.1, -0.05) is 12.1 Å². The van der Waals surface area contributed by atoms with Gasteiger partial charge in [-0.05, 0) is 12.1 Å². The molecule has 0 bridgehead atoms. The van der Waals surface area contributed by atoms with E-state index in [-0.39, 0.29) is 11.1 Å². The second kappa shape index (κ2) is 6.08. The second-order valence-corrected chi connectivity index (χ2v) is 5.90. The lowest BCUT2D eigenvalue weighted by Gasteiger charge is -2.09. The summed E-state index contributed by atoms with van der Waals surface area (Å²) >= 11 is 1.60. The first-order valence-electron chi connectivity index (χ1n) is 6.84. The van der Waals surface area contributed by atoms with Crippen molar-refractivity contribution in [2.24, 2.45) is 0 Å². The summed E-state index contributed by atoms with van der Waals surface area (Å²) in [6, 6.07) is 5.91. The third-order valence-electron chi connectivity index (χ3n) is 3.71. The fourth-order valence-electron chi connectivity index (χ4n) is 2.75. The van der Waals surface area contributed by atoms with Crippen molar-refractivity contribution in [2.75, 3.05) is 14.2 Å². The lowest BCUT2D eigenvalue weighted by atomic mass is 10.0. The van der Waals surface area contributed by atoms with Gasteiger partial charge in [0, 0.05) is 17.0 Å². The van der Waals surface area contributed by atoms with Crippen LogP contribution in [0.2, 0.25) is 0 Å². The van der Waals surface area contributed by atoms with Crippen molar-refractivity contribution in [3.05, 3.63) is 46.9 Å². The summed E-state index contributed by atoms with van der Waals surface area (Å²) in [6.45, 7) is 0. The number of esters is 2. The number of halogens is 1. The Morgan fingerprint density at radius 2 is 1.87 bits per heavy atom. The molecular formula is C16H14FNO4S. The van der Waals surface area contributed by atoms with E-state index in [4.69, 9.17) is 9.47 Å². The average Bonchev–Trinajstić information content (AvgIpc) is 3.13. The van der Waals surface area contributed by atoms with Crippen LogP contribution in [0.1, 0.15) is 26.4 Å². The molecule has 0 atom stereocenters. The summed E-state index contributed by atoms with van der Waals surface area (Å²) in [5, 5.41) is 0. The number of hydrogen-bond acceptors (Lipinski definition) is 5. The average molecular weight is 335 g/mol. The lowest BCUT2D eigenvalue weighted by molar-refractivity contribution is 0.0556. The van der Waals surface area contributed by atoms with E-state index >= 15 is 0 Å². The van der Waals surface area contributed by atoms with E-state index in [1.165, 1.54) is 26.4 Å². The number of thioether (sulfide) groups is 1. The number of benzene rings is 1. The zero-order valence-electron chi connectivity index (χ0n) is 12.6. The Balaban J connectivity index is 2.34. The maximum absolute atomic E-state index is 13.6. The van der Waals surface area contributed by atoms with Crippen molar-refractivity contribution in [2.45, 2.75) is 11.6 Å². The van der Waals surface area contributed by atoms with Crippen molar-refractivity contribution < 1.29 is 23.5 Å². The van der Waals surface area contributed by atoms with Gasteiger partial charge < -0.3 is 14.0 Å². The van der Waals surface area contributed by atoms with Crippen LogP contribution in [-0.4, -0.2) is 30.7 Å². The molecule has 0 aliphatic carbocycles. The Morgan fingerprint density at radius 1 is 1.17 bits per heavy atom. The monoisotopic (exact) mass is 335 g/mol. The lowest BCUT2D eigenvalue weighted by Crippen LogP contribution is -2.12. The molecule has 0 amide bonds. The van der Waals surface area contributed by atoms with Gasteiger partial charge in [0.1, 0.15) is 11.4 Å². The van der Waals surface area contributed by atoms with E-state index in [1.54, 1.807) is 23.9 Å². The number of rotatable bonds is 3. The first kappa shape index (κ1) is 15.6. The maximum Gasteiger partial charge on any atom is 0.340 e. The maximum atomic E-state index is 13.6. The summed E-state index contributed by atoms with van der Waals surface area (Å²) in [7, 11) is 2.51. The van der Waals surface area contributed by atoms with E-state index in [0.717, 1.165) is 0 Å². The molecule has 0 saturated heterocycles. The van der Waals surface area contributed by atoms with E-state index in [2.05, 4.69) is 0 Å². The van der Waals surface area contributed by atoms with Gasteiger partial charge in [0.2, 0.25) is 0 Å². The molecule has 0 radical (unpaired) electrons.